The zero-order valence-electron chi connectivity index (χ0n) is 10.0. The molecular formula is C11H11BrF3N3O2. The summed E-state index contributed by atoms with van der Waals surface area (Å²) in [4.78, 5) is 11.8. The molecule has 0 bridgehead atoms. The lowest BCUT2D eigenvalue weighted by Crippen LogP contribution is -2.28. The third kappa shape index (κ3) is 4.41. The minimum atomic E-state index is -4.52. The van der Waals surface area contributed by atoms with Gasteiger partial charge >= 0.3 is 6.18 Å². The first-order valence-corrected chi connectivity index (χ1v) is 6.16. The number of hydrogen-bond donors (Lipinski definition) is 3. The maximum absolute atomic E-state index is 12.6. The molecule has 0 radical (unpaired) electrons. The van der Waals surface area contributed by atoms with Gasteiger partial charge in [-0.3, -0.25) is 4.79 Å². The molecule has 4 N–H and O–H groups in total. The number of amides is 1. The normalized spacial score (nSPS) is 12.3. The lowest BCUT2D eigenvalue weighted by Gasteiger charge is -2.11. The smallest absolute Gasteiger partial charge is 0.409 e. The molecule has 1 amide bonds. The number of halogens is 4. The van der Waals surface area contributed by atoms with Gasteiger partial charge in [0.25, 0.3) is 5.91 Å². The van der Waals surface area contributed by atoms with E-state index < -0.39 is 17.6 Å². The topological polar surface area (TPSA) is 87.7 Å². The minimum Gasteiger partial charge on any atom is -0.409 e. The van der Waals surface area contributed by atoms with E-state index in [9.17, 15) is 18.0 Å². The number of oxime groups is 1. The molecule has 5 nitrogen and oxygen atoms in total. The van der Waals surface area contributed by atoms with Gasteiger partial charge in [0.05, 0.1) is 11.1 Å². The number of carbonyl (C=O) groups is 1. The first kappa shape index (κ1) is 16.3. The molecule has 0 aliphatic heterocycles. The zero-order valence-corrected chi connectivity index (χ0v) is 11.6. The van der Waals surface area contributed by atoms with Crippen LogP contribution in [0.3, 0.4) is 0 Å². The Kier molecular flexibility index (Phi) is 5.37. The first-order valence-electron chi connectivity index (χ1n) is 5.37. The number of nitrogens with one attached hydrogen (secondary N) is 1. The number of nitrogens with two attached hydrogens (primary N) is 1. The molecule has 110 valence electrons. The summed E-state index contributed by atoms with van der Waals surface area (Å²) in [5.41, 5.74) is 4.15. The second-order valence-corrected chi connectivity index (χ2v) is 4.64. The molecule has 1 rings (SSSR count). The van der Waals surface area contributed by atoms with Crippen LogP contribution in [0.1, 0.15) is 22.3 Å². The molecule has 9 heteroatoms. The van der Waals surface area contributed by atoms with Crippen LogP contribution in [0.4, 0.5) is 13.2 Å². The van der Waals surface area contributed by atoms with E-state index in [1.165, 1.54) is 0 Å². The standard InChI is InChI=1S/C11H11BrF3N3O2/c12-8-2-1-6(11(13,14)15)5-7(8)10(19)17-4-3-9(16)18-20/h1-2,5,20H,3-4H2,(H2,16,18)(H,17,19). The van der Waals surface area contributed by atoms with Gasteiger partial charge < -0.3 is 16.3 Å². The molecular weight excluding hydrogens is 343 g/mol. The van der Waals surface area contributed by atoms with Gasteiger partial charge in [-0.25, -0.2) is 0 Å². The van der Waals surface area contributed by atoms with Crippen molar-refractivity contribution in [3.05, 3.63) is 33.8 Å². The number of amidine groups is 1. The van der Waals surface area contributed by atoms with E-state index in [1.807, 2.05) is 0 Å². The van der Waals surface area contributed by atoms with Crippen molar-refractivity contribution in [2.24, 2.45) is 10.9 Å². The van der Waals surface area contributed by atoms with Crippen LogP contribution < -0.4 is 11.1 Å². The predicted molar refractivity (Wildman–Crippen MR) is 69.5 cm³/mol. The van der Waals surface area contributed by atoms with E-state index in [2.05, 4.69) is 26.4 Å². The number of rotatable bonds is 4. The Morgan fingerprint density at radius 3 is 2.65 bits per heavy atom. The summed E-state index contributed by atoms with van der Waals surface area (Å²) in [6.07, 6.45) is -4.44. The van der Waals surface area contributed by atoms with Crippen molar-refractivity contribution >= 4 is 27.7 Å². The third-order valence-corrected chi connectivity index (χ3v) is 3.02. The lowest BCUT2D eigenvalue weighted by atomic mass is 10.1. The van der Waals surface area contributed by atoms with Gasteiger partial charge in [0.2, 0.25) is 0 Å². The van der Waals surface area contributed by atoms with Crippen LogP contribution in [-0.4, -0.2) is 23.5 Å². The fourth-order valence-corrected chi connectivity index (χ4v) is 1.75. The molecule has 0 fully saturated rings. The molecule has 0 spiro atoms. The molecule has 0 atom stereocenters. The number of alkyl halides is 3. The Balaban J connectivity index is 2.82. The summed E-state index contributed by atoms with van der Waals surface area (Å²) in [6, 6.07) is 2.78. The number of benzene rings is 1. The van der Waals surface area contributed by atoms with Gasteiger partial charge in [-0.15, -0.1) is 0 Å². The quantitative estimate of drug-likeness (QED) is 0.336. The van der Waals surface area contributed by atoms with Crippen molar-refractivity contribution < 1.29 is 23.2 Å². The van der Waals surface area contributed by atoms with E-state index in [0.29, 0.717) is 0 Å². The molecule has 0 aliphatic carbocycles. The first-order chi connectivity index (χ1) is 9.25. The fraction of sp³-hybridized carbons (Fsp3) is 0.273. The predicted octanol–water partition coefficient (Wildman–Crippen LogP) is 2.33. The molecule has 0 saturated heterocycles. The van der Waals surface area contributed by atoms with Crippen molar-refractivity contribution in [1.29, 1.82) is 0 Å². The number of nitrogens with zero attached hydrogens (tertiary/aromatic N) is 1. The van der Waals surface area contributed by atoms with Crippen molar-refractivity contribution in [1.82, 2.24) is 5.32 Å². The van der Waals surface area contributed by atoms with E-state index in [0.717, 1.165) is 18.2 Å². The van der Waals surface area contributed by atoms with Crippen LogP contribution in [0.25, 0.3) is 0 Å². The molecule has 0 heterocycles. The van der Waals surface area contributed by atoms with Crippen LogP contribution >= 0.6 is 15.9 Å². The SMILES string of the molecule is N/C(CCNC(=O)c1cc(C(F)(F)F)ccc1Br)=N/O. The minimum absolute atomic E-state index is 0.0391. The zero-order chi connectivity index (χ0) is 15.3. The average molecular weight is 354 g/mol. The van der Waals surface area contributed by atoms with Gasteiger partial charge in [-0.05, 0) is 34.1 Å². The summed E-state index contributed by atoms with van der Waals surface area (Å²) >= 11 is 3.02. The molecule has 0 aliphatic rings. The van der Waals surface area contributed by atoms with Crippen LogP contribution in [0, 0.1) is 0 Å². The van der Waals surface area contributed by atoms with Crippen molar-refractivity contribution in [3.63, 3.8) is 0 Å². The Morgan fingerprint density at radius 1 is 1.45 bits per heavy atom. The number of hydrogen-bond acceptors (Lipinski definition) is 3. The van der Waals surface area contributed by atoms with Crippen LogP contribution in [0.15, 0.2) is 27.8 Å². The largest absolute Gasteiger partial charge is 0.416 e. The van der Waals surface area contributed by atoms with Crippen LogP contribution in [-0.2, 0) is 6.18 Å². The summed E-state index contributed by atoms with van der Waals surface area (Å²) in [5, 5.41) is 13.4. The maximum Gasteiger partial charge on any atom is 0.416 e. The Labute approximate surface area is 120 Å². The highest BCUT2D eigenvalue weighted by atomic mass is 79.9. The van der Waals surface area contributed by atoms with Gasteiger partial charge in [0, 0.05) is 17.4 Å². The Morgan fingerprint density at radius 2 is 2.10 bits per heavy atom. The Hall–Kier alpha value is -1.77. The Bertz CT molecular complexity index is 532. The summed E-state index contributed by atoms with van der Waals surface area (Å²) in [7, 11) is 0. The van der Waals surface area contributed by atoms with Gasteiger partial charge in [0.15, 0.2) is 0 Å². The number of carbonyl (C=O) groups excluding carboxylic acids is 1. The second-order valence-electron chi connectivity index (χ2n) is 3.79. The highest BCUT2D eigenvalue weighted by molar-refractivity contribution is 9.10. The average Bonchev–Trinajstić information content (AvgIpc) is 2.37. The molecule has 0 unspecified atom stereocenters. The fourth-order valence-electron chi connectivity index (χ4n) is 1.32. The van der Waals surface area contributed by atoms with E-state index in [-0.39, 0.29) is 28.8 Å². The van der Waals surface area contributed by atoms with E-state index >= 15 is 0 Å². The third-order valence-electron chi connectivity index (χ3n) is 2.33. The van der Waals surface area contributed by atoms with Crippen molar-refractivity contribution in [3.8, 4) is 0 Å². The van der Waals surface area contributed by atoms with Gasteiger partial charge in [-0.1, -0.05) is 5.16 Å². The highest BCUT2D eigenvalue weighted by Gasteiger charge is 2.31. The van der Waals surface area contributed by atoms with E-state index in [1.54, 1.807) is 0 Å². The van der Waals surface area contributed by atoms with Crippen molar-refractivity contribution in [2.75, 3.05) is 6.54 Å². The molecule has 1 aromatic carbocycles. The summed E-state index contributed by atoms with van der Waals surface area (Å²) in [5.74, 6) is -0.776. The second kappa shape index (κ2) is 6.60. The molecule has 0 saturated carbocycles. The van der Waals surface area contributed by atoms with E-state index in [4.69, 9.17) is 10.9 Å². The maximum atomic E-state index is 12.6. The lowest BCUT2D eigenvalue weighted by molar-refractivity contribution is -0.137. The molecule has 20 heavy (non-hydrogen) atoms. The van der Waals surface area contributed by atoms with Crippen LogP contribution in [0.5, 0.6) is 0 Å². The summed E-state index contributed by atoms with van der Waals surface area (Å²) < 4.78 is 37.9. The van der Waals surface area contributed by atoms with Gasteiger partial charge in [0.1, 0.15) is 5.84 Å². The van der Waals surface area contributed by atoms with Gasteiger partial charge in [-0.2, -0.15) is 13.2 Å². The molecule has 0 aromatic heterocycles. The highest BCUT2D eigenvalue weighted by Crippen LogP contribution is 2.31. The monoisotopic (exact) mass is 353 g/mol. The van der Waals surface area contributed by atoms with Crippen LogP contribution in [0.2, 0.25) is 0 Å². The molecule has 1 aromatic rings. The van der Waals surface area contributed by atoms with Crippen molar-refractivity contribution in [2.45, 2.75) is 12.6 Å². The summed E-state index contributed by atoms with van der Waals surface area (Å²) in [6.45, 7) is 0.0391.